The molecule has 1 aliphatic heterocycles. The molecule has 2 aromatic rings. The molecule has 1 heterocycles. The second kappa shape index (κ2) is 8.60. The van der Waals surface area contributed by atoms with Crippen molar-refractivity contribution < 1.29 is 18.1 Å². The number of nitrogens with one attached hydrogen (secondary N) is 1. The van der Waals surface area contributed by atoms with E-state index in [1.165, 1.54) is 16.4 Å². The first-order chi connectivity index (χ1) is 13.8. The quantitative estimate of drug-likeness (QED) is 0.549. The summed E-state index contributed by atoms with van der Waals surface area (Å²) >= 11 is 0. The molecule has 0 aliphatic carbocycles. The second-order valence-corrected chi connectivity index (χ2v) is 9.00. The topological polar surface area (TPSA) is 110 Å². The van der Waals surface area contributed by atoms with Crippen LogP contribution in [0.15, 0.2) is 42.5 Å². The smallest absolute Gasteiger partial charge is 0.269 e. The van der Waals surface area contributed by atoms with Gasteiger partial charge in [-0.15, -0.1) is 0 Å². The minimum Gasteiger partial charge on any atom is -0.326 e. The first-order valence-electron chi connectivity index (χ1n) is 9.46. The number of carbonyl (C=O) groups is 1. The van der Waals surface area contributed by atoms with Crippen LogP contribution in [-0.2, 0) is 27.7 Å². The Balaban J connectivity index is 1.71. The molecule has 1 N–H and O–H groups in total. The number of nitro groups is 1. The van der Waals surface area contributed by atoms with E-state index in [2.05, 4.69) is 5.32 Å². The Hall–Kier alpha value is -2.94. The van der Waals surface area contributed by atoms with E-state index in [1.54, 1.807) is 24.3 Å². The first kappa shape index (κ1) is 20.8. The van der Waals surface area contributed by atoms with Crippen LogP contribution in [-0.4, -0.2) is 31.5 Å². The Morgan fingerprint density at radius 2 is 1.93 bits per heavy atom. The fourth-order valence-electron chi connectivity index (χ4n) is 3.42. The molecule has 0 spiro atoms. The number of hydrogen-bond donors (Lipinski definition) is 1. The molecule has 0 fully saturated rings. The number of nitro benzene ring substituents is 1. The fourth-order valence-corrected chi connectivity index (χ4v) is 5.04. The predicted octanol–water partition coefficient (Wildman–Crippen LogP) is 3.27. The molecule has 1 aliphatic rings. The minimum atomic E-state index is -3.34. The van der Waals surface area contributed by atoms with Gasteiger partial charge in [-0.3, -0.25) is 19.2 Å². The molecule has 29 heavy (non-hydrogen) atoms. The van der Waals surface area contributed by atoms with Crippen LogP contribution in [0.4, 0.5) is 17.1 Å². The Morgan fingerprint density at radius 1 is 1.21 bits per heavy atom. The highest BCUT2D eigenvalue weighted by atomic mass is 32.2. The van der Waals surface area contributed by atoms with Crippen molar-refractivity contribution in [3.8, 4) is 0 Å². The summed E-state index contributed by atoms with van der Waals surface area (Å²) in [7, 11) is -3.34. The molecule has 154 valence electrons. The maximum absolute atomic E-state index is 12.5. The lowest BCUT2D eigenvalue weighted by atomic mass is 10.0. The number of nitrogens with zero attached hydrogens (tertiary/aromatic N) is 2. The summed E-state index contributed by atoms with van der Waals surface area (Å²) in [5, 5.41) is 13.5. The van der Waals surface area contributed by atoms with E-state index in [9.17, 15) is 23.3 Å². The van der Waals surface area contributed by atoms with Crippen molar-refractivity contribution in [2.45, 2.75) is 32.6 Å². The summed E-state index contributed by atoms with van der Waals surface area (Å²) in [6, 6.07) is 11.1. The van der Waals surface area contributed by atoms with E-state index in [1.807, 2.05) is 13.0 Å². The molecule has 3 rings (SSSR count). The molecule has 8 nitrogen and oxygen atoms in total. The Kier molecular flexibility index (Phi) is 6.17. The van der Waals surface area contributed by atoms with E-state index < -0.39 is 14.9 Å². The number of carbonyl (C=O) groups excluding carboxylic acids is 1. The second-order valence-electron chi connectivity index (χ2n) is 6.98. The van der Waals surface area contributed by atoms with Crippen LogP contribution in [0.3, 0.4) is 0 Å². The summed E-state index contributed by atoms with van der Waals surface area (Å²) in [6.07, 6.45) is 2.13. The lowest BCUT2D eigenvalue weighted by molar-refractivity contribution is -0.384. The zero-order valence-electron chi connectivity index (χ0n) is 16.1. The van der Waals surface area contributed by atoms with Gasteiger partial charge in [-0.05, 0) is 48.6 Å². The Labute approximate surface area is 169 Å². The van der Waals surface area contributed by atoms with Gasteiger partial charge in [0.2, 0.25) is 15.9 Å². The highest BCUT2D eigenvalue weighted by Crippen LogP contribution is 2.32. The van der Waals surface area contributed by atoms with Gasteiger partial charge in [-0.25, -0.2) is 8.42 Å². The van der Waals surface area contributed by atoms with Gasteiger partial charge in [0.15, 0.2) is 0 Å². The molecular weight excluding hydrogens is 394 g/mol. The van der Waals surface area contributed by atoms with Gasteiger partial charge >= 0.3 is 0 Å². The third-order valence-electron chi connectivity index (χ3n) is 4.75. The van der Waals surface area contributed by atoms with Crippen LogP contribution in [0.2, 0.25) is 0 Å². The maximum atomic E-state index is 12.5. The summed E-state index contributed by atoms with van der Waals surface area (Å²) in [6.45, 7) is 2.31. The number of fused-ring (bicyclic) bond motifs is 1. The van der Waals surface area contributed by atoms with Crippen molar-refractivity contribution in [2.75, 3.05) is 21.9 Å². The van der Waals surface area contributed by atoms with Crippen LogP contribution < -0.4 is 9.62 Å². The molecule has 2 aromatic carbocycles. The van der Waals surface area contributed by atoms with Crippen molar-refractivity contribution in [2.24, 2.45) is 0 Å². The van der Waals surface area contributed by atoms with Gasteiger partial charge in [0.05, 0.1) is 22.8 Å². The summed E-state index contributed by atoms with van der Waals surface area (Å²) in [4.78, 5) is 22.5. The molecule has 1 amide bonds. The monoisotopic (exact) mass is 417 g/mol. The first-order valence-corrected chi connectivity index (χ1v) is 11.1. The number of anilines is 2. The molecule has 9 heteroatoms. The van der Waals surface area contributed by atoms with Crippen molar-refractivity contribution in [1.82, 2.24) is 0 Å². The average molecular weight is 417 g/mol. The van der Waals surface area contributed by atoms with Crippen molar-refractivity contribution in [3.63, 3.8) is 0 Å². The van der Waals surface area contributed by atoms with Gasteiger partial charge in [-0.2, -0.15) is 0 Å². The Bertz CT molecular complexity index is 1020. The predicted molar refractivity (Wildman–Crippen MR) is 112 cm³/mol. The molecular formula is C20H23N3O5S. The van der Waals surface area contributed by atoms with Crippen molar-refractivity contribution in [3.05, 3.63) is 63.7 Å². The highest BCUT2D eigenvalue weighted by Gasteiger charge is 2.26. The van der Waals surface area contributed by atoms with E-state index in [4.69, 9.17) is 0 Å². The highest BCUT2D eigenvalue weighted by molar-refractivity contribution is 7.92. The number of hydrogen-bond acceptors (Lipinski definition) is 5. The number of amides is 1. The number of aryl methyl sites for hydroxylation is 1. The molecule has 0 unspecified atom stereocenters. The maximum Gasteiger partial charge on any atom is 0.269 e. The van der Waals surface area contributed by atoms with Crippen LogP contribution in [0, 0.1) is 10.1 Å². The van der Waals surface area contributed by atoms with E-state index >= 15 is 0 Å². The van der Waals surface area contributed by atoms with Gasteiger partial charge in [0.1, 0.15) is 0 Å². The molecule has 0 radical (unpaired) electrons. The lowest BCUT2D eigenvalue weighted by Gasteiger charge is -2.30. The summed E-state index contributed by atoms with van der Waals surface area (Å²) in [5.41, 5.74) is 2.82. The molecule has 0 atom stereocenters. The van der Waals surface area contributed by atoms with Gasteiger partial charge in [-0.1, -0.05) is 19.1 Å². The largest absolute Gasteiger partial charge is 0.326 e. The molecule has 0 bridgehead atoms. The third-order valence-corrected chi connectivity index (χ3v) is 6.72. The van der Waals surface area contributed by atoms with E-state index in [-0.39, 0.29) is 23.8 Å². The van der Waals surface area contributed by atoms with Crippen LogP contribution >= 0.6 is 0 Å². The summed E-state index contributed by atoms with van der Waals surface area (Å²) in [5.74, 6) is -0.134. The van der Waals surface area contributed by atoms with Gasteiger partial charge in [0, 0.05) is 24.4 Å². The standard InChI is InChI=1S/C20H23N3O5S/c1-2-12-29(27,28)22-11-3-4-16-14-17(7-10-19(16)22)21-20(24)13-15-5-8-18(9-6-15)23(25)26/h5-10,14H,2-4,11-13H2,1H3,(H,21,24). The number of rotatable bonds is 7. The number of sulfonamides is 1. The fraction of sp³-hybridized carbons (Fsp3) is 0.350. The zero-order valence-corrected chi connectivity index (χ0v) is 16.9. The lowest BCUT2D eigenvalue weighted by Crippen LogP contribution is -2.37. The van der Waals surface area contributed by atoms with E-state index in [0.29, 0.717) is 29.9 Å². The third kappa shape index (κ3) is 4.92. The zero-order chi connectivity index (χ0) is 21.0. The normalized spacial score (nSPS) is 13.6. The molecule has 0 saturated heterocycles. The van der Waals surface area contributed by atoms with Crippen molar-refractivity contribution in [1.29, 1.82) is 0 Å². The number of benzene rings is 2. The van der Waals surface area contributed by atoms with Crippen LogP contribution in [0.5, 0.6) is 0 Å². The van der Waals surface area contributed by atoms with Crippen LogP contribution in [0.25, 0.3) is 0 Å². The van der Waals surface area contributed by atoms with Crippen molar-refractivity contribution >= 4 is 33.0 Å². The molecule has 0 aromatic heterocycles. The minimum absolute atomic E-state index is 0.0218. The summed E-state index contributed by atoms with van der Waals surface area (Å²) < 4.78 is 26.5. The molecule has 0 saturated carbocycles. The van der Waals surface area contributed by atoms with Crippen LogP contribution in [0.1, 0.15) is 30.9 Å². The van der Waals surface area contributed by atoms with Gasteiger partial charge < -0.3 is 5.32 Å². The SMILES string of the molecule is CCCS(=O)(=O)N1CCCc2cc(NC(=O)Cc3ccc([N+](=O)[O-])cc3)ccc21. The van der Waals surface area contributed by atoms with Gasteiger partial charge in [0.25, 0.3) is 5.69 Å². The average Bonchev–Trinajstić information content (AvgIpc) is 2.67. The number of non-ortho nitro benzene ring substituents is 1. The Morgan fingerprint density at radius 3 is 2.59 bits per heavy atom. The van der Waals surface area contributed by atoms with E-state index in [0.717, 1.165) is 18.4 Å².